The van der Waals surface area contributed by atoms with E-state index in [9.17, 15) is 4.79 Å². The average Bonchev–Trinajstić information content (AvgIpc) is 3.12. The summed E-state index contributed by atoms with van der Waals surface area (Å²) in [6.45, 7) is 1.44. The Hall–Kier alpha value is -3.15. The summed E-state index contributed by atoms with van der Waals surface area (Å²) < 4.78 is 5.22. The van der Waals surface area contributed by atoms with Crippen LogP contribution in [0.3, 0.4) is 0 Å². The van der Waals surface area contributed by atoms with Gasteiger partial charge in [0.15, 0.2) is 5.13 Å². The lowest BCUT2D eigenvalue weighted by atomic mass is 10.1. The first-order valence-electron chi connectivity index (χ1n) is 9.67. The molecule has 0 aliphatic heterocycles. The number of thiazole rings is 1. The van der Waals surface area contributed by atoms with Crippen molar-refractivity contribution >= 4 is 44.5 Å². The molecule has 11 heteroatoms. The molecule has 3 rings (SSSR count). The zero-order valence-corrected chi connectivity index (χ0v) is 18.6. The molecule has 3 aromatic heterocycles. The number of amides is 1. The fourth-order valence-corrected chi connectivity index (χ4v) is 3.54. The van der Waals surface area contributed by atoms with Gasteiger partial charge in [-0.1, -0.05) is 17.4 Å². The molecule has 3 heterocycles. The van der Waals surface area contributed by atoms with E-state index in [0.29, 0.717) is 54.3 Å². The van der Waals surface area contributed by atoms with Gasteiger partial charge in [0.1, 0.15) is 16.2 Å². The van der Waals surface area contributed by atoms with Gasteiger partial charge in [-0.15, -0.1) is 0 Å². The topological polar surface area (TPSA) is 131 Å². The van der Waals surface area contributed by atoms with E-state index in [-0.39, 0.29) is 0 Å². The second-order valence-corrected chi connectivity index (χ2v) is 7.98. The molecule has 4 N–H and O–H groups in total. The normalized spacial score (nSPS) is 11.8. The number of carbonyl (C=O) groups excluding carboxylic acids is 1. The molecule has 164 valence electrons. The maximum atomic E-state index is 11.7. The fourth-order valence-electron chi connectivity index (χ4n) is 2.72. The number of primary amides is 1. The fraction of sp³-hybridized carbons (Fsp3) is 0.350. The average molecular weight is 443 g/mol. The molecule has 0 saturated carbocycles. The molecule has 0 aromatic carbocycles. The second kappa shape index (κ2) is 10.8. The molecule has 31 heavy (non-hydrogen) atoms. The van der Waals surface area contributed by atoms with E-state index in [1.54, 1.807) is 19.4 Å². The van der Waals surface area contributed by atoms with Crippen molar-refractivity contribution in [2.45, 2.75) is 13.0 Å². The van der Waals surface area contributed by atoms with Crippen molar-refractivity contribution in [1.29, 1.82) is 0 Å². The number of carbonyl (C=O) groups is 1. The summed E-state index contributed by atoms with van der Waals surface area (Å²) in [7, 11) is 5.47. The zero-order chi connectivity index (χ0) is 22.2. The number of rotatable bonds is 11. The van der Waals surface area contributed by atoms with E-state index < -0.39 is 5.91 Å². The third-order valence-corrected chi connectivity index (χ3v) is 5.06. The van der Waals surface area contributed by atoms with Crippen LogP contribution < -0.4 is 16.4 Å². The molecule has 3 aromatic rings. The van der Waals surface area contributed by atoms with Crippen molar-refractivity contribution < 1.29 is 9.53 Å². The predicted octanol–water partition coefficient (Wildman–Crippen LogP) is 2.15. The number of aromatic nitrogens is 4. The second-order valence-electron chi connectivity index (χ2n) is 7.01. The van der Waals surface area contributed by atoms with Crippen LogP contribution in [0.15, 0.2) is 36.0 Å². The van der Waals surface area contributed by atoms with Crippen LogP contribution in [0.4, 0.5) is 16.9 Å². The number of ether oxygens (including phenoxy) is 1. The van der Waals surface area contributed by atoms with Crippen LogP contribution in [-0.4, -0.2) is 65.0 Å². The molecule has 1 amide bonds. The minimum Gasteiger partial charge on any atom is -0.378 e. The van der Waals surface area contributed by atoms with E-state index in [1.165, 1.54) is 11.3 Å². The van der Waals surface area contributed by atoms with Crippen molar-refractivity contribution in [2.24, 2.45) is 5.73 Å². The summed E-state index contributed by atoms with van der Waals surface area (Å²) >= 11 is 1.44. The van der Waals surface area contributed by atoms with Crippen LogP contribution in [-0.2, 0) is 16.1 Å². The van der Waals surface area contributed by atoms with Gasteiger partial charge in [0.2, 0.25) is 11.9 Å². The summed E-state index contributed by atoms with van der Waals surface area (Å²) in [6, 6.07) is 5.57. The number of fused-ring (bicyclic) bond motifs is 1. The summed E-state index contributed by atoms with van der Waals surface area (Å²) in [6.07, 6.45) is 4.04. The molecule has 0 aliphatic rings. The van der Waals surface area contributed by atoms with Crippen molar-refractivity contribution in [3.63, 3.8) is 0 Å². The minimum atomic E-state index is -0.426. The first-order chi connectivity index (χ1) is 14.9. The molecule has 0 unspecified atom stereocenters. The predicted molar refractivity (Wildman–Crippen MR) is 122 cm³/mol. The van der Waals surface area contributed by atoms with Crippen LogP contribution in [0.1, 0.15) is 12.1 Å². The van der Waals surface area contributed by atoms with Crippen molar-refractivity contribution in [1.82, 2.24) is 24.8 Å². The number of nitrogens with one attached hydrogen (secondary N) is 2. The number of anilines is 3. The quantitative estimate of drug-likeness (QED) is 0.382. The third kappa shape index (κ3) is 6.67. The molecular formula is C20H26N8O2S. The molecule has 0 atom stereocenters. The number of likely N-dealkylation sites (N-methyl/N-ethyl adjacent to an activating group) is 1. The zero-order valence-electron chi connectivity index (χ0n) is 17.8. The van der Waals surface area contributed by atoms with E-state index in [1.807, 2.05) is 37.2 Å². The van der Waals surface area contributed by atoms with Crippen molar-refractivity contribution in [3.8, 4) is 0 Å². The Morgan fingerprint density at radius 2 is 2.16 bits per heavy atom. The summed E-state index contributed by atoms with van der Waals surface area (Å²) in [5.74, 6) is 0.582. The van der Waals surface area contributed by atoms with Gasteiger partial charge in [0.25, 0.3) is 0 Å². The molecule has 10 nitrogen and oxygen atoms in total. The summed E-state index contributed by atoms with van der Waals surface area (Å²) in [5, 5.41) is 7.06. The Labute approximate surface area is 184 Å². The van der Waals surface area contributed by atoms with Crippen molar-refractivity contribution in [2.75, 3.05) is 44.9 Å². The SMILES string of the molecule is COCc1cc(Nc2nc3cccnc3s2)nc(NCCC(=CCN(C)C)C(N)=O)n1. The number of pyridine rings is 1. The van der Waals surface area contributed by atoms with Gasteiger partial charge in [-0.3, -0.25) is 4.79 Å². The molecule has 0 saturated heterocycles. The van der Waals surface area contributed by atoms with Gasteiger partial charge >= 0.3 is 0 Å². The molecule has 0 fully saturated rings. The molecule has 0 bridgehead atoms. The van der Waals surface area contributed by atoms with Crippen LogP contribution in [0.5, 0.6) is 0 Å². The lowest BCUT2D eigenvalue weighted by Crippen LogP contribution is -2.20. The number of hydrogen-bond acceptors (Lipinski definition) is 10. The van der Waals surface area contributed by atoms with Gasteiger partial charge in [-0.05, 0) is 32.6 Å². The Bertz CT molecular complexity index is 1030. The molecule has 0 radical (unpaired) electrons. The first-order valence-corrected chi connectivity index (χ1v) is 10.5. The molecule has 0 aliphatic carbocycles. The van der Waals surface area contributed by atoms with Crippen molar-refractivity contribution in [3.05, 3.63) is 41.7 Å². The third-order valence-electron chi connectivity index (χ3n) is 4.17. The highest BCUT2D eigenvalue weighted by Gasteiger charge is 2.10. The van der Waals surface area contributed by atoms with E-state index >= 15 is 0 Å². The summed E-state index contributed by atoms with van der Waals surface area (Å²) in [4.78, 5) is 32.3. The number of hydrogen-bond donors (Lipinski definition) is 3. The monoisotopic (exact) mass is 442 g/mol. The number of nitrogens with zero attached hydrogens (tertiary/aromatic N) is 5. The Morgan fingerprint density at radius 1 is 1.32 bits per heavy atom. The Balaban J connectivity index is 1.71. The highest BCUT2D eigenvalue weighted by molar-refractivity contribution is 7.21. The largest absolute Gasteiger partial charge is 0.378 e. The van der Waals surface area contributed by atoms with E-state index in [4.69, 9.17) is 10.5 Å². The highest BCUT2D eigenvalue weighted by atomic mass is 32.1. The van der Waals surface area contributed by atoms with E-state index in [2.05, 4.69) is 30.6 Å². The minimum absolute atomic E-state index is 0.336. The maximum Gasteiger partial charge on any atom is 0.244 e. The highest BCUT2D eigenvalue weighted by Crippen LogP contribution is 2.26. The standard InChI is InChI=1S/C20H26N8O2S/c1-28(2)10-7-13(17(21)29)6-9-23-19-24-14(12-30-3)11-16(26-19)27-20-25-15-5-4-8-22-18(15)31-20/h4-5,7-8,11H,6,9-10,12H2,1-3H3,(H2,21,29)(H2,23,24,25,26,27). The Kier molecular flexibility index (Phi) is 7.82. The van der Waals surface area contributed by atoms with Crippen LogP contribution >= 0.6 is 11.3 Å². The van der Waals surface area contributed by atoms with Gasteiger partial charge in [-0.2, -0.15) is 4.98 Å². The summed E-state index contributed by atoms with van der Waals surface area (Å²) in [5.41, 5.74) is 7.58. The molecular weight excluding hydrogens is 416 g/mol. The Morgan fingerprint density at radius 3 is 2.87 bits per heavy atom. The van der Waals surface area contributed by atoms with Crippen LogP contribution in [0.25, 0.3) is 10.3 Å². The van der Waals surface area contributed by atoms with Gasteiger partial charge in [0.05, 0.1) is 12.3 Å². The lowest BCUT2D eigenvalue weighted by Gasteiger charge is -2.11. The first kappa shape index (κ1) is 22.5. The van der Waals surface area contributed by atoms with E-state index in [0.717, 1.165) is 10.3 Å². The van der Waals surface area contributed by atoms with Crippen LogP contribution in [0.2, 0.25) is 0 Å². The smallest absolute Gasteiger partial charge is 0.244 e. The number of nitrogens with two attached hydrogens (primary N) is 1. The molecule has 0 spiro atoms. The lowest BCUT2D eigenvalue weighted by molar-refractivity contribution is -0.114. The van der Waals surface area contributed by atoms with Gasteiger partial charge in [0, 0.05) is 38.0 Å². The van der Waals surface area contributed by atoms with Crippen LogP contribution in [0, 0.1) is 0 Å². The number of methoxy groups -OCH3 is 1. The maximum absolute atomic E-state index is 11.7. The van der Waals surface area contributed by atoms with Gasteiger partial charge < -0.3 is 26.0 Å². The van der Waals surface area contributed by atoms with Gasteiger partial charge in [-0.25, -0.2) is 15.0 Å².